The van der Waals surface area contributed by atoms with Gasteiger partial charge in [0.15, 0.2) is 9.84 Å². The van der Waals surface area contributed by atoms with Crippen molar-refractivity contribution in [2.45, 2.75) is 4.90 Å². The van der Waals surface area contributed by atoms with Gasteiger partial charge in [0, 0.05) is 17.0 Å². The van der Waals surface area contributed by atoms with E-state index in [4.69, 9.17) is 4.74 Å². The van der Waals surface area contributed by atoms with Gasteiger partial charge in [0.25, 0.3) is 0 Å². The van der Waals surface area contributed by atoms with Crippen LogP contribution in [0.15, 0.2) is 71.9 Å². The molecule has 3 aromatic carbocycles. The number of anilines is 1. The molecule has 1 heterocycles. The number of fused-ring (bicyclic) bond motifs is 2. The zero-order valence-electron chi connectivity index (χ0n) is 15.3. The maximum atomic E-state index is 11.8. The van der Waals surface area contributed by atoms with Gasteiger partial charge in [0.05, 0.1) is 17.0 Å². The van der Waals surface area contributed by atoms with Crippen LogP contribution in [0.4, 0.5) is 5.82 Å². The van der Waals surface area contributed by atoms with Crippen molar-refractivity contribution in [3.05, 3.63) is 67.0 Å². The molecule has 0 fully saturated rings. The van der Waals surface area contributed by atoms with Crippen molar-refractivity contribution < 1.29 is 13.2 Å². The van der Waals surface area contributed by atoms with Crippen LogP contribution in [0.2, 0.25) is 0 Å². The van der Waals surface area contributed by atoms with E-state index in [1.165, 1.54) is 12.6 Å². The topological polar surface area (TPSA) is 81.2 Å². The van der Waals surface area contributed by atoms with Crippen LogP contribution in [0.5, 0.6) is 5.75 Å². The molecule has 0 atom stereocenters. The smallest absolute Gasteiger partial charge is 0.175 e. The van der Waals surface area contributed by atoms with E-state index in [-0.39, 0.29) is 4.90 Å². The second kappa shape index (κ2) is 7.44. The number of nitrogens with one attached hydrogen (secondary N) is 1. The van der Waals surface area contributed by atoms with Crippen molar-refractivity contribution in [3.8, 4) is 5.75 Å². The molecule has 7 heteroatoms. The lowest BCUT2D eigenvalue weighted by Gasteiger charge is -2.12. The lowest BCUT2D eigenvalue weighted by atomic mass is 10.1. The van der Waals surface area contributed by atoms with Crippen LogP contribution >= 0.6 is 0 Å². The summed E-state index contributed by atoms with van der Waals surface area (Å²) in [5, 5.41) is 6.07. The Morgan fingerprint density at radius 3 is 2.64 bits per heavy atom. The Kier molecular flexibility index (Phi) is 4.83. The molecule has 1 aromatic heterocycles. The molecular formula is C21H19N3O3S. The van der Waals surface area contributed by atoms with Crippen molar-refractivity contribution in [3.63, 3.8) is 0 Å². The molecule has 6 nitrogen and oxygen atoms in total. The number of hydrogen-bond donors (Lipinski definition) is 1. The van der Waals surface area contributed by atoms with Gasteiger partial charge in [-0.2, -0.15) is 0 Å². The van der Waals surface area contributed by atoms with Crippen molar-refractivity contribution in [1.82, 2.24) is 9.97 Å². The number of rotatable bonds is 6. The zero-order valence-corrected chi connectivity index (χ0v) is 16.1. The van der Waals surface area contributed by atoms with E-state index in [2.05, 4.69) is 15.3 Å². The van der Waals surface area contributed by atoms with Gasteiger partial charge in [-0.25, -0.2) is 18.4 Å². The van der Waals surface area contributed by atoms with Crippen molar-refractivity contribution >= 4 is 37.3 Å². The SMILES string of the molecule is CS(=O)(=O)c1ccc2ncnc(NCCOc3cccc4ccccc34)c2c1. The maximum absolute atomic E-state index is 11.8. The predicted octanol–water partition coefficient (Wildman–Crippen LogP) is 3.68. The van der Waals surface area contributed by atoms with Gasteiger partial charge in [0.1, 0.15) is 24.5 Å². The van der Waals surface area contributed by atoms with E-state index >= 15 is 0 Å². The average Bonchev–Trinajstić information content (AvgIpc) is 2.70. The summed E-state index contributed by atoms with van der Waals surface area (Å²) < 4.78 is 29.6. The van der Waals surface area contributed by atoms with Gasteiger partial charge in [0.2, 0.25) is 0 Å². The highest BCUT2D eigenvalue weighted by Crippen LogP contribution is 2.25. The molecular weight excluding hydrogens is 374 g/mol. The molecule has 0 amide bonds. The summed E-state index contributed by atoms with van der Waals surface area (Å²) in [4.78, 5) is 8.69. The second-order valence-corrected chi connectivity index (χ2v) is 8.44. The molecule has 0 saturated carbocycles. The van der Waals surface area contributed by atoms with E-state index in [0.29, 0.717) is 29.9 Å². The van der Waals surface area contributed by atoms with Crippen molar-refractivity contribution in [1.29, 1.82) is 0 Å². The monoisotopic (exact) mass is 393 g/mol. The number of benzene rings is 3. The molecule has 0 aliphatic carbocycles. The lowest BCUT2D eigenvalue weighted by Crippen LogP contribution is -2.13. The standard InChI is InChI=1S/C21H19N3O3S/c1-28(25,26)16-9-10-19-18(13-16)21(24-14-23-19)22-11-12-27-20-8-4-6-15-5-2-3-7-17(15)20/h2-10,13-14H,11-12H2,1H3,(H,22,23,24). The molecule has 0 bridgehead atoms. The minimum atomic E-state index is -3.30. The minimum Gasteiger partial charge on any atom is -0.491 e. The van der Waals surface area contributed by atoms with Crippen LogP contribution in [0, 0.1) is 0 Å². The van der Waals surface area contributed by atoms with E-state index in [0.717, 1.165) is 16.5 Å². The Morgan fingerprint density at radius 2 is 1.79 bits per heavy atom. The normalized spacial score (nSPS) is 11.6. The van der Waals surface area contributed by atoms with Crippen LogP contribution in [0.25, 0.3) is 21.7 Å². The van der Waals surface area contributed by atoms with E-state index in [1.54, 1.807) is 18.2 Å². The molecule has 0 unspecified atom stereocenters. The van der Waals surface area contributed by atoms with Gasteiger partial charge in [-0.15, -0.1) is 0 Å². The fourth-order valence-electron chi connectivity index (χ4n) is 3.06. The Balaban J connectivity index is 1.50. The Labute approximate surface area is 163 Å². The molecule has 4 aromatic rings. The molecule has 0 saturated heterocycles. The van der Waals surface area contributed by atoms with Gasteiger partial charge < -0.3 is 10.1 Å². The summed E-state index contributed by atoms with van der Waals surface area (Å²) in [6, 6.07) is 18.9. The van der Waals surface area contributed by atoms with Crippen LogP contribution in [-0.2, 0) is 9.84 Å². The van der Waals surface area contributed by atoms with Gasteiger partial charge in [-0.3, -0.25) is 0 Å². The summed E-state index contributed by atoms with van der Waals surface area (Å²) in [6.07, 6.45) is 2.64. The Bertz CT molecular complexity index is 1250. The number of nitrogens with zero attached hydrogens (tertiary/aromatic N) is 2. The lowest BCUT2D eigenvalue weighted by molar-refractivity contribution is 0.337. The summed E-state index contributed by atoms with van der Waals surface area (Å²) in [6.45, 7) is 0.948. The third-order valence-corrected chi connectivity index (χ3v) is 5.55. The Hall–Kier alpha value is -3.19. The molecule has 0 aliphatic rings. The van der Waals surface area contributed by atoms with E-state index < -0.39 is 9.84 Å². The second-order valence-electron chi connectivity index (χ2n) is 6.43. The highest BCUT2D eigenvalue weighted by atomic mass is 32.2. The van der Waals surface area contributed by atoms with Crippen LogP contribution in [-0.4, -0.2) is 37.8 Å². The summed E-state index contributed by atoms with van der Waals surface area (Å²) in [5.41, 5.74) is 0.680. The highest BCUT2D eigenvalue weighted by molar-refractivity contribution is 7.90. The molecule has 0 spiro atoms. The van der Waals surface area contributed by atoms with Gasteiger partial charge in [-0.1, -0.05) is 36.4 Å². The van der Waals surface area contributed by atoms with Crippen molar-refractivity contribution in [2.75, 3.05) is 24.7 Å². The zero-order chi connectivity index (χ0) is 19.6. The number of ether oxygens (including phenoxy) is 1. The average molecular weight is 393 g/mol. The third kappa shape index (κ3) is 3.75. The fourth-order valence-corrected chi connectivity index (χ4v) is 3.71. The minimum absolute atomic E-state index is 0.241. The third-order valence-electron chi connectivity index (χ3n) is 4.44. The number of sulfone groups is 1. The van der Waals surface area contributed by atoms with E-state index in [9.17, 15) is 8.42 Å². The predicted molar refractivity (Wildman–Crippen MR) is 111 cm³/mol. The molecule has 4 rings (SSSR count). The quantitative estimate of drug-likeness (QED) is 0.503. The van der Waals surface area contributed by atoms with E-state index in [1.807, 2.05) is 42.5 Å². The van der Waals surface area contributed by atoms with Gasteiger partial charge >= 0.3 is 0 Å². The molecule has 28 heavy (non-hydrogen) atoms. The van der Waals surface area contributed by atoms with Crippen molar-refractivity contribution in [2.24, 2.45) is 0 Å². The summed E-state index contributed by atoms with van der Waals surface area (Å²) in [7, 11) is -3.30. The van der Waals surface area contributed by atoms with Gasteiger partial charge in [-0.05, 0) is 29.7 Å². The van der Waals surface area contributed by atoms with Crippen LogP contribution in [0.1, 0.15) is 0 Å². The summed E-state index contributed by atoms with van der Waals surface area (Å²) >= 11 is 0. The van der Waals surface area contributed by atoms with Crippen LogP contribution < -0.4 is 10.1 Å². The molecule has 1 N–H and O–H groups in total. The first-order valence-electron chi connectivity index (χ1n) is 8.82. The molecule has 0 aliphatic heterocycles. The largest absolute Gasteiger partial charge is 0.491 e. The number of hydrogen-bond acceptors (Lipinski definition) is 6. The highest BCUT2D eigenvalue weighted by Gasteiger charge is 2.11. The van der Waals surface area contributed by atoms with Crippen LogP contribution in [0.3, 0.4) is 0 Å². The first kappa shape index (κ1) is 18.2. The summed E-state index contributed by atoms with van der Waals surface area (Å²) in [5.74, 6) is 1.41. The fraction of sp³-hybridized carbons (Fsp3) is 0.143. The number of aromatic nitrogens is 2. The first-order valence-corrected chi connectivity index (χ1v) is 10.7. The maximum Gasteiger partial charge on any atom is 0.175 e. The molecule has 142 valence electrons. The molecule has 0 radical (unpaired) electrons. The first-order chi connectivity index (χ1) is 13.5. The Morgan fingerprint density at radius 1 is 0.964 bits per heavy atom.